The van der Waals surface area contributed by atoms with Gasteiger partial charge >= 0.3 is 47.2 Å². The lowest BCUT2D eigenvalue weighted by Gasteiger charge is -2.19. The molecule has 3 unspecified atom stereocenters. The molecule has 6 atom stereocenters. The second-order valence-electron chi connectivity index (χ2n) is 10.0. The number of aliphatic hydroxyl groups excluding tert-OH is 1. The molecule has 1 fully saturated rings. The number of carbonyl (C=O) groups excluding carboxylic acids is 2. The zero-order valence-corrected chi connectivity index (χ0v) is 27.7. The van der Waals surface area contributed by atoms with Crippen molar-refractivity contribution in [3.63, 3.8) is 0 Å². The summed E-state index contributed by atoms with van der Waals surface area (Å²) in [4.78, 5) is 96.9. The molecule has 1 aliphatic rings. The van der Waals surface area contributed by atoms with Crippen molar-refractivity contribution in [1.82, 2.24) is 20.2 Å². The normalized spacial score (nSPS) is 20.8. The molecule has 22 nitrogen and oxygen atoms in total. The van der Waals surface area contributed by atoms with Crippen LogP contribution >= 0.6 is 23.5 Å². The molecule has 1 saturated heterocycles. The molecule has 1 aromatic rings. The van der Waals surface area contributed by atoms with Crippen molar-refractivity contribution in [1.29, 1.82) is 0 Å². The molecule has 1 aliphatic heterocycles. The van der Waals surface area contributed by atoms with Crippen molar-refractivity contribution < 1.29 is 88.9 Å². The first-order valence-electron chi connectivity index (χ1n) is 13.7. The van der Waals surface area contributed by atoms with Gasteiger partial charge in [0.1, 0.15) is 23.9 Å². The van der Waals surface area contributed by atoms with Crippen LogP contribution in [-0.2, 0) is 46.0 Å². The molecule has 0 aromatic carbocycles. The van der Waals surface area contributed by atoms with E-state index in [0.29, 0.717) is 0 Å². The van der Waals surface area contributed by atoms with Crippen LogP contribution in [0.3, 0.4) is 0 Å². The number of aliphatic hydroxyl groups is 1. The van der Waals surface area contributed by atoms with Gasteiger partial charge in [0.25, 0.3) is 5.56 Å². The number of hydrogen-bond donors (Lipinski definition) is 9. The first kappa shape index (κ1) is 42.9. The van der Waals surface area contributed by atoms with Crippen molar-refractivity contribution in [2.75, 3.05) is 13.2 Å². The van der Waals surface area contributed by atoms with E-state index in [1.807, 2.05) is 4.98 Å². The minimum absolute atomic E-state index is 0.00280. The summed E-state index contributed by atoms with van der Waals surface area (Å²) in [6.07, 6.45) is -9.56. The SMILES string of the molecule is O=C(CCC#Cc1cn([C@H]2C[C@@H](O)[C@@H](COP(=O)(O)OP(=O)(O)OP(=O)(O)O)O2)c(=O)[nH]c1=O)NC(CCCCNC(=O)C(F)(F)F)C(=O)O. The van der Waals surface area contributed by atoms with Gasteiger partial charge in [-0.25, -0.2) is 23.3 Å². The maximum Gasteiger partial charge on any atom is 0.490 e. The van der Waals surface area contributed by atoms with Crippen molar-refractivity contribution >= 4 is 41.3 Å². The maximum absolute atomic E-state index is 12.4. The van der Waals surface area contributed by atoms with Crippen LogP contribution in [0.25, 0.3) is 0 Å². The van der Waals surface area contributed by atoms with Crippen LogP contribution in [-0.4, -0.2) is 94.7 Å². The molecule has 9 N–H and O–H groups in total. The fourth-order valence-corrected chi connectivity index (χ4v) is 6.96. The third-order valence-corrected chi connectivity index (χ3v) is 9.90. The number of ether oxygens (including phenoxy) is 1. The van der Waals surface area contributed by atoms with Crippen LogP contribution in [0, 0.1) is 11.8 Å². The predicted octanol–water partition coefficient (Wildman–Crippen LogP) is -0.922. The number of carboxylic acid groups (broad SMARTS) is 1. The number of phosphoric ester groups is 1. The Kier molecular flexibility index (Phi) is 15.3. The fraction of sp³-hybridized carbons (Fsp3) is 0.591. The lowest BCUT2D eigenvalue weighted by molar-refractivity contribution is -0.173. The number of aromatic nitrogens is 2. The number of hydrogen-bond acceptors (Lipinski definition) is 13. The summed E-state index contributed by atoms with van der Waals surface area (Å²) in [6, 6.07) is -1.40. The van der Waals surface area contributed by atoms with Crippen molar-refractivity contribution in [3.05, 3.63) is 32.6 Å². The number of aliphatic carboxylic acids is 1. The van der Waals surface area contributed by atoms with Crippen LogP contribution < -0.4 is 21.9 Å². The highest BCUT2D eigenvalue weighted by molar-refractivity contribution is 7.66. The molecule has 0 radical (unpaired) electrons. The van der Waals surface area contributed by atoms with Gasteiger partial charge in [-0.2, -0.15) is 21.8 Å². The molecule has 0 aliphatic carbocycles. The van der Waals surface area contributed by atoms with E-state index in [4.69, 9.17) is 14.5 Å². The lowest BCUT2D eigenvalue weighted by Crippen LogP contribution is -2.41. The first-order valence-corrected chi connectivity index (χ1v) is 18.2. The van der Waals surface area contributed by atoms with Gasteiger partial charge in [0.05, 0.1) is 12.7 Å². The third kappa shape index (κ3) is 14.9. The zero-order valence-electron chi connectivity index (χ0n) is 25.0. The highest BCUT2D eigenvalue weighted by Gasteiger charge is 2.43. The third-order valence-electron chi connectivity index (χ3n) is 6.10. The Hall–Kier alpha value is -3.23. The number of rotatable bonds is 17. The number of aromatic amines is 1. The van der Waals surface area contributed by atoms with E-state index in [1.165, 1.54) is 0 Å². The number of halogens is 3. The Morgan fingerprint density at radius 2 is 1.76 bits per heavy atom. The van der Waals surface area contributed by atoms with E-state index >= 15 is 0 Å². The number of unbranched alkanes of at least 4 members (excludes halogenated alkanes) is 1. The van der Waals surface area contributed by atoms with Gasteiger partial charge in [0, 0.05) is 32.0 Å². The second-order valence-corrected chi connectivity index (χ2v) is 14.5. The Balaban J connectivity index is 1.94. The maximum atomic E-state index is 12.4. The lowest BCUT2D eigenvalue weighted by atomic mass is 10.1. The first-order chi connectivity index (χ1) is 22.9. The van der Waals surface area contributed by atoms with E-state index in [2.05, 4.69) is 30.3 Å². The minimum atomic E-state index is -5.81. The number of alkyl halides is 3. The Morgan fingerprint density at radius 1 is 1.10 bits per heavy atom. The van der Waals surface area contributed by atoms with Gasteiger partial charge in [-0.1, -0.05) is 11.8 Å². The summed E-state index contributed by atoms with van der Waals surface area (Å²) in [5.41, 5.74) is -2.35. The number of H-pyrrole nitrogens is 1. The smallest absolute Gasteiger partial charge is 0.480 e. The molecule has 0 spiro atoms. The average Bonchev–Trinajstić information content (AvgIpc) is 3.31. The van der Waals surface area contributed by atoms with Gasteiger partial charge in [-0.3, -0.25) is 28.5 Å². The van der Waals surface area contributed by atoms with E-state index in [1.54, 1.807) is 5.32 Å². The number of carbonyl (C=O) groups is 3. The largest absolute Gasteiger partial charge is 0.490 e. The summed E-state index contributed by atoms with van der Waals surface area (Å²) >= 11 is 0. The Morgan fingerprint density at radius 3 is 2.36 bits per heavy atom. The van der Waals surface area contributed by atoms with Crippen LogP contribution in [0.2, 0.25) is 0 Å². The highest BCUT2D eigenvalue weighted by atomic mass is 31.3. The number of nitrogens with zero attached hydrogens (tertiary/aromatic N) is 1. The summed E-state index contributed by atoms with van der Waals surface area (Å²) in [5.74, 6) is 0.531. The highest BCUT2D eigenvalue weighted by Crippen LogP contribution is 2.66. The molecule has 2 heterocycles. The van der Waals surface area contributed by atoms with Gasteiger partial charge in [-0.05, 0) is 19.3 Å². The number of nitrogens with one attached hydrogen (secondary N) is 3. The van der Waals surface area contributed by atoms with Crippen molar-refractivity contribution in [2.24, 2.45) is 0 Å². The second kappa shape index (κ2) is 17.8. The monoisotopic (exact) mass is 788 g/mol. The zero-order chi connectivity index (χ0) is 38.1. The molecule has 0 saturated carbocycles. The quantitative estimate of drug-likeness (QED) is 0.0523. The molecular formula is C22H30F3N4O18P3. The molecule has 28 heteroatoms. The minimum Gasteiger partial charge on any atom is -0.480 e. The molecule has 1 aromatic heterocycles. The number of carboxylic acids is 1. The number of phosphoric acid groups is 3. The van der Waals surface area contributed by atoms with Crippen LogP contribution in [0.5, 0.6) is 0 Å². The van der Waals surface area contributed by atoms with Crippen LogP contribution in [0.4, 0.5) is 13.2 Å². The number of amides is 2. The summed E-state index contributed by atoms with van der Waals surface area (Å²) in [6.45, 7) is -1.40. The van der Waals surface area contributed by atoms with Crippen molar-refractivity contribution in [3.8, 4) is 11.8 Å². The summed E-state index contributed by atoms with van der Waals surface area (Å²) < 4.78 is 88.4. The molecule has 2 rings (SSSR count). The molecule has 50 heavy (non-hydrogen) atoms. The van der Waals surface area contributed by atoms with Crippen LogP contribution in [0.1, 0.15) is 50.3 Å². The fourth-order valence-electron chi connectivity index (χ4n) is 3.93. The van der Waals surface area contributed by atoms with E-state index < -0.39 is 89.8 Å². The molecule has 2 amide bonds. The average molecular weight is 788 g/mol. The summed E-state index contributed by atoms with van der Waals surface area (Å²) in [7, 11) is -17.0. The van der Waals surface area contributed by atoms with Gasteiger partial charge in [-0.15, -0.1) is 0 Å². The summed E-state index contributed by atoms with van der Waals surface area (Å²) in [5, 5.41) is 23.4. The van der Waals surface area contributed by atoms with Gasteiger partial charge < -0.3 is 45.2 Å². The Bertz CT molecular complexity index is 1730. The van der Waals surface area contributed by atoms with Gasteiger partial charge in [0.15, 0.2) is 0 Å². The topological polar surface area (TPSA) is 340 Å². The van der Waals surface area contributed by atoms with Crippen molar-refractivity contribution in [2.45, 2.75) is 69.2 Å². The predicted molar refractivity (Wildman–Crippen MR) is 154 cm³/mol. The molecule has 0 bridgehead atoms. The van der Waals surface area contributed by atoms with Crippen LogP contribution in [0.15, 0.2) is 15.8 Å². The standard InChI is InChI=1S/C22H30F3N4O18P3/c23-22(24,25)20(35)26-8-4-3-6-13(19(33)34)27-16(31)7-2-1-5-12-10-29(21(36)28-18(12)32)17-9-14(30)15(45-17)11-44-49(40,41)47-50(42,43)46-48(37,38)39/h10,13-15,17,30H,2-4,6-9,11H2,(H,26,35)(H,27,31)(H,33,34)(H,40,41)(H,42,43)(H,28,32,36)(H2,37,38,39)/t13?,14-,15-,17-/m1/s1. The van der Waals surface area contributed by atoms with E-state index in [0.717, 1.165) is 10.8 Å². The van der Waals surface area contributed by atoms with E-state index in [9.17, 15) is 70.8 Å². The van der Waals surface area contributed by atoms with Gasteiger partial charge in [0.2, 0.25) is 5.91 Å². The molecular weight excluding hydrogens is 758 g/mol. The van der Waals surface area contributed by atoms with E-state index in [-0.39, 0.29) is 50.6 Å². The Labute approximate surface area is 277 Å². The molecule has 282 valence electrons.